The minimum absolute atomic E-state index is 0.0358. The molecule has 0 aliphatic carbocycles. The highest BCUT2D eigenvalue weighted by Crippen LogP contribution is 2.38. The number of hydrogen-bond donors (Lipinski definition) is 0. The molecule has 0 fully saturated rings. The SMILES string of the molecule is CC(=O)Oc1cc(OC(C)=O)cc(C2=NN(C(C)=O)C(c3cccc(Cl)c3Cl)O2)c1. The first-order valence-corrected chi connectivity index (χ1v) is 9.42. The van der Waals surface area contributed by atoms with Crippen LogP contribution in [0, 0.1) is 0 Å². The van der Waals surface area contributed by atoms with Gasteiger partial charge in [0.2, 0.25) is 18.0 Å². The lowest BCUT2D eigenvalue weighted by molar-refractivity contribution is -0.135. The minimum Gasteiger partial charge on any atom is -0.446 e. The number of ether oxygens (including phenoxy) is 3. The second-order valence-electron chi connectivity index (χ2n) is 6.26. The molecule has 10 heteroatoms. The molecule has 1 unspecified atom stereocenters. The maximum atomic E-state index is 12.2. The highest BCUT2D eigenvalue weighted by molar-refractivity contribution is 6.42. The van der Waals surface area contributed by atoms with Gasteiger partial charge < -0.3 is 14.2 Å². The molecule has 156 valence electrons. The summed E-state index contributed by atoms with van der Waals surface area (Å²) in [7, 11) is 0. The Kier molecular flexibility index (Phi) is 6.28. The van der Waals surface area contributed by atoms with E-state index in [1.165, 1.54) is 39.0 Å². The maximum Gasteiger partial charge on any atom is 0.308 e. The van der Waals surface area contributed by atoms with Gasteiger partial charge in [-0.2, -0.15) is 5.01 Å². The average molecular weight is 451 g/mol. The zero-order valence-electron chi connectivity index (χ0n) is 16.1. The number of carbonyl (C=O) groups is 3. The van der Waals surface area contributed by atoms with Crippen LogP contribution in [0.4, 0.5) is 0 Å². The van der Waals surface area contributed by atoms with Crippen LogP contribution in [-0.4, -0.2) is 28.8 Å². The molecular formula is C20H16Cl2N2O6. The van der Waals surface area contributed by atoms with E-state index in [1.54, 1.807) is 18.2 Å². The predicted molar refractivity (Wildman–Crippen MR) is 108 cm³/mol. The van der Waals surface area contributed by atoms with Crippen molar-refractivity contribution >= 4 is 46.9 Å². The summed E-state index contributed by atoms with van der Waals surface area (Å²) < 4.78 is 16.1. The van der Waals surface area contributed by atoms with E-state index in [0.29, 0.717) is 16.1 Å². The standard InChI is InChI=1S/C20H16Cl2N2O6/c1-10(25)24-20(16-5-4-6-17(21)18(16)22)30-19(23-24)13-7-14(28-11(2)26)9-15(8-13)29-12(3)27/h4-9,20H,1-3H3. The molecule has 8 nitrogen and oxygen atoms in total. The fourth-order valence-electron chi connectivity index (χ4n) is 2.74. The van der Waals surface area contributed by atoms with Gasteiger partial charge in [-0.15, -0.1) is 5.10 Å². The first-order valence-electron chi connectivity index (χ1n) is 8.67. The van der Waals surface area contributed by atoms with Crippen molar-refractivity contribution < 1.29 is 28.6 Å². The van der Waals surface area contributed by atoms with Gasteiger partial charge in [0.05, 0.1) is 10.0 Å². The predicted octanol–water partition coefficient (Wildman–Crippen LogP) is 4.08. The number of hydrogen-bond acceptors (Lipinski definition) is 7. The van der Waals surface area contributed by atoms with E-state index in [4.69, 9.17) is 37.4 Å². The van der Waals surface area contributed by atoms with E-state index in [9.17, 15) is 14.4 Å². The van der Waals surface area contributed by atoms with Crippen molar-refractivity contribution in [2.45, 2.75) is 27.0 Å². The smallest absolute Gasteiger partial charge is 0.308 e. The lowest BCUT2D eigenvalue weighted by Crippen LogP contribution is -2.25. The Morgan fingerprint density at radius 1 is 1.00 bits per heavy atom. The quantitative estimate of drug-likeness (QED) is 0.514. The zero-order valence-corrected chi connectivity index (χ0v) is 17.7. The van der Waals surface area contributed by atoms with Crippen LogP contribution in [0.3, 0.4) is 0 Å². The Labute approximate surface area is 181 Å². The van der Waals surface area contributed by atoms with E-state index < -0.39 is 24.1 Å². The molecule has 0 spiro atoms. The highest BCUT2D eigenvalue weighted by atomic mass is 35.5. The van der Waals surface area contributed by atoms with Gasteiger partial charge in [-0.25, -0.2) is 0 Å². The summed E-state index contributed by atoms with van der Waals surface area (Å²) in [4.78, 5) is 34.9. The number of halogens is 2. The molecule has 2 aromatic carbocycles. The summed E-state index contributed by atoms with van der Waals surface area (Å²) in [6, 6.07) is 9.24. The summed E-state index contributed by atoms with van der Waals surface area (Å²) in [5, 5.41) is 5.85. The Balaban J connectivity index is 2.03. The summed E-state index contributed by atoms with van der Waals surface area (Å²) in [5.74, 6) is -1.27. The van der Waals surface area contributed by atoms with Gasteiger partial charge in [0.15, 0.2) is 0 Å². The minimum atomic E-state index is -0.960. The Morgan fingerprint density at radius 3 is 2.13 bits per heavy atom. The Morgan fingerprint density at radius 2 is 1.60 bits per heavy atom. The van der Waals surface area contributed by atoms with Gasteiger partial charge in [-0.1, -0.05) is 35.3 Å². The van der Waals surface area contributed by atoms with E-state index >= 15 is 0 Å². The van der Waals surface area contributed by atoms with Crippen LogP contribution in [0.15, 0.2) is 41.5 Å². The maximum absolute atomic E-state index is 12.2. The molecular weight excluding hydrogens is 435 g/mol. The van der Waals surface area contributed by atoms with Crippen molar-refractivity contribution in [1.29, 1.82) is 0 Å². The van der Waals surface area contributed by atoms with Gasteiger partial charge in [0.1, 0.15) is 11.5 Å². The van der Waals surface area contributed by atoms with Crippen molar-refractivity contribution in [3.63, 3.8) is 0 Å². The van der Waals surface area contributed by atoms with Gasteiger partial charge in [0.25, 0.3) is 0 Å². The molecule has 30 heavy (non-hydrogen) atoms. The molecule has 2 aromatic rings. The summed E-state index contributed by atoms with van der Waals surface area (Å²) >= 11 is 12.4. The van der Waals surface area contributed by atoms with Crippen LogP contribution >= 0.6 is 23.2 Å². The molecule has 1 heterocycles. The van der Waals surface area contributed by atoms with E-state index in [0.717, 1.165) is 5.01 Å². The van der Waals surface area contributed by atoms with Crippen molar-refractivity contribution in [3.05, 3.63) is 57.6 Å². The highest BCUT2D eigenvalue weighted by Gasteiger charge is 2.35. The van der Waals surface area contributed by atoms with E-state index in [1.807, 2.05) is 0 Å². The number of rotatable bonds is 4. The zero-order chi connectivity index (χ0) is 22.0. The molecule has 0 saturated carbocycles. The van der Waals surface area contributed by atoms with Gasteiger partial charge >= 0.3 is 11.9 Å². The topological polar surface area (TPSA) is 94.5 Å². The van der Waals surface area contributed by atoms with Crippen molar-refractivity contribution in [3.8, 4) is 11.5 Å². The third-order valence-electron chi connectivity index (χ3n) is 3.86. The number of hydrazone groups is 1. The van der Waals surface area contributed by atoms with Gasteiger partial charge in [-0.3, -0.25) is 14.4 Å². The first kappa shape index (κ1) is 21.6. The average Bonchev–Trinajstić information content (AvgIpc) is 3.08. The second kappa shape index (κ2) is 8.73. The number of nitrogens with zero attached hydrogens (tertiary/aromatic N) is 2. The fourth-order valence-corrected chi connectivity index (χ4v) is 3.14. The van der Waals surface area contributed by atoms with Gasteiger partial charge in [0, 0.05) is 38.0 Å². The summed E-state index contributed by atoms with van der Waals surface area (Å²) in [6.45, 7) is 3.79. The van der Waals surface area contributed by atoms with Crippen LogP contribution in [-0.2, 0) is 19.1 Å². The number of benzene rings is 2. The molecule has 0 aromatic heterocycles. The van der Waals surface area contributed by atoms with Crippen molar-refractivity contribution in [1.82, 2.24) is 5.01 Å². The second-order valence-corrected chi connectivity index (χ2v) is 7.05. The monoisotopic (exact) mass is 450 g/mol. The normalized spacial score (nSPS) is 15.3. The molecule has 0 saturated heterocycles. The van der Waals surface area contributed by atoms with Crippen LogP contribution in [0.1, 0.15) is 38.1 Å². The van der Waals surface area contributed by atoms with Crippen LogP contribution in [0.25, 0.3) is 0 Å². The van der Waals surface area contributed by atoms with Crippen molar-refractivity contribution in [2.75, 3.05) is 0 Å². The van der Waals surface area contributed by atoms with E-state index in [2.05, 4.69) is 5.10 Å². The molecule has 0 bridgehead atoms. The van der Waals surface area contributed by atoms with Crippen LogP contribution in [0.2, 0.25) is 10.0 Å². The molecule has 1 aliphatic heterocycles. The largest absolute Gasteiger partial charge is 0.446 e. The van der Waals surface area contributed by atoms with Crippen LogP contribution < -0.4 is 9.47 Å². The summed E-state index contributed by atoms with van der Waals surface area (Å²) in [6.07, 6.45) is -0.960. The lowest BCUT2D eigenvalue weighted by atomic mass is 10.2. The molecule has 1 amide bonds. The number of amides is 1. The molecule has 1 aliphatic rings. The fraction of sp³-hybridized carbons (Fsp3) is 0.200. The third-order valence-corrected chi connectivity index (χ3v) is 4.70. The third kappa shape index (κ3) is 4.72. The van der Waals surface area contributed by atoms with Gasteiger partial charge in [-0.05, 0) is 18.2 Å². The first-order chi connectivity index (χ1) is 14.2. The number of carbonyl (C=O) groups excluding carboxylic acids is 3. The van der Waals surface area contributed by atoms with Crippen LogP contribution in [0.5, 0.6) is 11.5 Å². The molecule has 3 rings (SSSR count). The Bertz CT molecular complexity index is 1040. The molecule has 0 N–H and O–H groups in total. The Hall–Kier alpha value is -3.10. The lowest BCUT2D eigenvalue weighted by Gasteiger charge is -2.20. The number of esters is 2. The summed E-state index contributed by atoms with van der Waals surface area (Å²) in [5.41, 5.74) is 0.756. The van der Waals surface area contributed by atoms with E-state index in [-0.39, 0.29) is 22.4 Å². The molecule has 1 atom stereocenters. The van der Waals surface area contributed by atoms with Crippen molar-refractivity contribution in [2.24, 2.45) is 5.10 Å². The molecule has 0 radical (unpaired) electrons.